The zero-order chi connectivity index (χ0) is 18.6. The maximum absolute atomic E-state index is 12.5. The highest BCUT2D eigenvalue weighted by Gasteiger charge is 2.29. The van der Waals surface area contributed by atoms with Gasteiger partial charge in [-0.2, -0.15) is 0 Å². The van der Waals surface area contributed by atoms with E-state index < -0.39 is 22.0 Å². The summed E-state index contributed by atoms with van der Waals surface area (Å²) in [6.45, 7) is 3.47. The van der Waals surface area contributed by atoms with Crippen molar-refractivity contribution >= 4 is 27.3 Å². The fourth-order valence-corrected chi connectivity index (χ4v) is 3.60. The zero-order valence-corrected chi connectivity index (χ0v) is 15.5. The Kier molecular flexibility index (Phi) is 5.69. The van der Waals surface area contributed by atoms with Crippen LogP contribution in [0.2, 0.25) is 0 Å². The molecule has 2 rings (SSSR count). The molecule has 0 aliphatic heterocycles. The largest absolute Gasteiger partial charge is 0.497 e. The molecule has 6 nitrogen and oxygen atoms in total. The summed E-state index contributed by atoms with van der Waals surface area (Å²) < 4.78 is 30.6. The van der Waals surface area contributed by atoms with Crippen molar-refractivity contribution in [3.8, 4) is 5.75 Å². The van der Waals surface area contributed by atoms with E-state index >= 15 is 0 Å². The van der Waals surface area contributed by atoms with Crippen molar-refractivity contribution in [2.45, 2.75) is 19.9 Å². The van der Waals surface area contributed by atoms with Crippen molar-refractivity contribution in [1.29, 1.82) is 0 Å². The van der Waals surface area contributed by atoms with Crippen LogP contribution in [0.5, 0.6) is 5.75 Å². The normalized spacial score (nSPS) is 12.3. The maximum atomic E-state index is 12.5. The molecule has 0 fully saturated rings. The molecule has 0 heterocycles. The maximum Gasteiger partial charge on any atom is 0.247 e. The second-order valence-electron chi connectivity index (χ2n) is 5.79. The van der Waals surface area contributed by atoms with Gasteiger partial charge in [0.05, 0.1) is 19.1 Å². The Morgan fingerprint density at radius 3 is 2.12 bits per heavy atom. The van der Waals surface area contributed by atoms with Crippen LogP contribution in [-0.2, 0) is 14.8 Å². The van der Waals surface area contributed by atoms with Crippen molar-refractivity contribution in [2.75, 3.05) is 23.0 Å². The van der Waals surface area contributed by atoms with E-state index in [1.807, 2.05) is 19.1 Å². The number of nitrogens with zero attached hydrogens (tertiary/aromatic N) is 1. The first-order valence-corrected chi connectivity index (χ1v) is 9.58. The molecule has 1 N–H and O–H groups in total. The number of aryl methyl sites for hydroxylation is 1. The van der Waals surface area contributed by atoms with Gasteiger partial charge in [0.25, 0.3) is 0 Å². The number of ether oxygens (including phenoxy) is 1. The first-order valence-electron chi connectivity index (χ1n) is 7.73. The average molecular weight is 362 g/mol. The third-order valence-electron chi connectivity index (χ3n) is 3.73. The number of sulfonamides is 1. The van der Waals surface area contributed by atoms with Gasteiger partial charge in [-0.15, -0.1) is 0 Å². The summed E-state index contributed by atoms with van der Waals surface area (Å²) in [4.78, 5) is 12.5. The Morgan fingerprint density at radius 2 is 1.64 bits per heavy atom. The number of carbonyl (C=O) groups excluding carboxylic acids is 1. The van der Waals surface area contributed by atoms with Gasteiger partial charge in [-0.1, -0.05) is 17.7 Å². The smallest absolute Gasteiger partial charge is 0.247 e. The van der Waals surface area contributed by atoms with Gasteiger partial charge < -0.3 is 10.1 Å². The summed E-state index contributed by atoms with van der Waals surface area (Å²) in [5, 5.41) is 2.73. The van der Waals surface area contributed by atoms with Crippen LogP contribution in [0.4, 0.5) is 11.4 Å². The van der Waals surface area contributed by atoms with Gasteiger partial charge in [-0.25, -0.2) is 8.42 Å². The van der Waals surface area contributed by atoms with E-state index in [9.17, 15) is 13.2 Å². The van der Waals surface area contributed by atoms with Gasteiger partial charge in [0, 0.05) is 5.69 Å². The van der Waals surface area contributed by atoms with Crippen molar-refractivity contribution in [1.82, 2.24) is 0 Å². The molecule has 134 valence electrons. The fourth-order valence-electron chi connectivity index (χ4n) is 2.42. The first-order chi connectivity index (χ1) is 11.7. The van der Waals surface area contributed by atoms with Crippen molar-refractivity contribution < 1.29 is 17.9 Å². The summed E-state index contributed by atoms with van der Waals surface area (Å²) in [5.74, 6) is 0.250. The minimum atomic E-state index is -3.63. The quantitative estimate of drug-likeness (QED) is 0.857. The molecule has 7 heteroatoms. The lowest BCUT2D eigenvalue weighted by Crippen LogP contribution is -2.45. The van der Waals surface area contributed by atoms with Crippen LogP contribution >= 0.6 is 0 Å². The number of hydrogen-bond donors (Lipinski definition) is 1. The summed E-state index contributed by atoms with van der Waals surface area (Å²) in [6, 6.07) is 12.9. The van der Waals surface area contributed by atoms with E-state index in [4.69, 9.17) is 4.74 Å². The summed E-state index contributed by atoms with van der Waals surface area (Å²) >= 11 is 0. The Labute approximate surface area is 148 Å². The molecule has 2 aromatic rings. The Bertz CT molecular complexity index is 830. The van der Waals surface area contributed by atoms with E-state index in [0.29, 0.717) is 17.1 Å². The van der Waals surface area contributed by atoms with E-state index in [1.165, 1.54) is 0 Å². The number of hydrogen-bond acceptors (Lipinski definition) is 4. The third-order valence-corrected chi connectivity index (χ3v) is 4.98. The molecule has 0 saturated carbocycles. The fraction of sp³-hybridized carbons (Fsp3) is 0.278. The Morgan fingerprint density at radius 1 is 1.08 bits per heavy atom. The minimum Gasteiger partial charge on any atom is -0.497 e. The number of anilines is 2. The minimum absolute atomic E-state index is 0.420. The molecule has 0 radical (unpaired) electrons. The lowest BCUT2D eigenvalue weighted by atomic mass is 10.2. The molecule has 2 aromatic carbocycles. The van der Waals surface area contributed by atoms with E-state index in [-0.39, 0.29) is 0 Å². The number of nitrogens with one attached hydrogen (secondary N) is 1. The summed E-state index contributed by atoms with van der Waals surface area (Å²) in [7, 11) is -2.07. The number of carbonyl (C=O) groups is 1. The number of amides is 1. The number of methoxy groups -OCH3 is 1. The third kappa shape index (κ3) is 4.73. The second-order valence-corrected chi connectivity index (χ2v) is 7.65. The van der Waals surface area contributed by atoms with E-state index in [2.05, 4.69) is 5.32 Å². The average Bonchev–Trinajstić information content (AvgIpc) is 2.56. The Balaban J connectivity index is 2.24. The van der Waals surface area contributed by atoms with Crippen LogP contribution in [0, 0.1) is 6.92 Å². The molecular formula is C18H22N2O4S. The van der Waals surface area contributed by atoms with Gasteiger partial charge in [-0.3, -0.25) is 9.10 Å². The van der Waals surface area contributed by atoms with Gasteiger partial charge in [0.2, 0.25) is 15.9 Å². The van der Waals surface area contributed by atoms with E-state index in [0.717, 1.165) is 16.1 Å². The van der Waals surface area contributed by atoms with Crippen molar-refractivity contribution in [3.63, 3.8) is 0 Å². The molecular weight excluding hydrogens is 340 g/mol. The molecule has 0 spiro atoms. The number of benzene rings is 2. The molecule has 0 aliphatic rings. The SMILES string of the molecule is COc1ccc(NC(=O)[C@@H](C)N(c2ccc(C)cc2)S(C)(=O)=O)cc1. The molecule has 1 amide bonds. The molecule has 0 bridgehead atoms. The molecule has 0 unspecified atom stereocenters. The highest BCUT2D eigenvalue weighted by atomic mass is 32.2. The van der Waals surface area contributed by atoms with Crippen LogP contribution < -0.4 is 14.4 Å². The van der Waals surface area contributed by atoms with Crippen molar-refractivity contribution in [2.24, 2.45) is 0 Å². The highest BCUT2D eigenvalue weighted by Crippen LogP contribution is 2.22. The zero-order valence-electron chi connectivity index (χ0n) is 14.7. The van der Waals surface area contributed by atoms with Crippen molar-refractivity contribution in [3.05, 3.63) is 54.1 Å². The standard InChI is InChI=1S/C18H22N2O4S/c1-13-5-9-16(10-6-13)20(25(4,22)23)14(2)18(21)19-15-7-11-17(24-3)12-8-15/h5-12,14H,1-4H3,(H,19,21)/t14-/m1/s1. The topological polar surface area (TPSA) is 75.7 Å². The van der Waals surface area contributed by atoms with Crippen LogP contribution in [0.15, 0.2) is 48.5 Å². The van der Waals surface area contributed by atoms with Gasteiger partial charge in [-0.05, 0) is 50.2 Å². The molecule has 0 saturated heterocycles. The second kappa shape index (κ2) is 7.57. The van der Waals surface area contributed by atoms with E-state index in [1.54, 1.807) is 50.4 Å². The van der Waals surface area contributed by atoms with Crippen LogP contribution in [0.3, 0.4) is 0 Å². The van der Waals surface area contributed by atoms with Crippen LogP contribution in [-0.4, -0.2) is 33.7 Å². The van der Waals surface area contributed by atoms with Crippen LogP contribution in [0.1, 0.15) is 12.5 Å². The van der Waals surface area contributed by atoms with Crippen LogP contribution in [0.25, 0.3) is 0 Å². The van der Waals surface area contributed by atoms with Gasteiger partial charge in [0.15, 0.2) is 0 Å². The lowest BCUT2D eigenvalue weighted by Gasteiger charge is -2.28. The summed E-state index contributed by atoms with van der Waals surface area (Å²) in [6.07, 6.45) is 1.09. The number of rotatable bonds is 6. The Hall–Kier alpha value is -2.54. The van der Waals surface area contributed by atoms with Gasteiger partial charge in [0.1, 0.15) is 11.8 Å². The molecule has 25 heavy (non-hydrogen) atoms. The molecule has 1 atom stereocenters. The lowest BCUT2D eigenvalue weighted by molar-refractivity contribution is -0.116. The summed E-state index contributed by atoms with van der Waals surface area (Å²) in [5.41, 5.74) is 2.02. The predicted octanol–water partition coefficient (Wildman–Crippen LogP) is 2.80. The molecule has 0 aliphatic carbocycles. The molecule has 0 aromatic heterocycles. The first kappa shape index (κ1) is 18.8. The predicted molar refractivity (Wildman–Crippen MR) is 99.6 cm³/mol. The monoisotopic (exact) mass is 362 g/mol. The van der Waals surface area contributed by atoms with Gasteiger partial charge >= 0.3 is 0 Å². The highest BCUT2D eigenvalue weighted by molar-refractivity contribution is 7.92.